The van der Waals surface area contributed by atoms with Gasteiger partial charge in [0.05, 0.1) is 11.5 Å². The molecule has 1 fully saturated rings. The van der Waals surface area contributed by atoms with Crippen LogP contribution in [-0.2, 0) is 6.54 Å². The molecule has 1 saturated carbocycles. The molecule has 1 aliphatic rings. The van der Waals surface area contributed by atoms with Gasteiger partial charge in [-0.3, -0.25) is 0 Å². The number of aromatic nitrogens is 4. The standard InChI is InChI=1S/C13H15N5S/c14-11(19)8-13(6-7-13)9-18-16-12(15-17-18)10-4-2-1-3-5-10/h1-5H,6-9H2,(H2,14,19). The first-order valence-electron chi connectivity index (χ1n) is 6.28. The van der Waals surface area contributed by atoms with Crippen molar-refractivity contribution in [1.29, 1.82) is 0 Å². The predicted octanol–water partition coefficient (Wildman–Crippen LogP) is 1.80. The van der Waals surface area contributed by atoms with Gasteiger partial charge in [0, 0.05) is 12.0 Å². The molecule has 5 nitrogen and oxygen atoms in total. The first kappa shape index (κ1) is 12.2. The van der Waals surface area contributed by atoms with E-state index in [1.807, 2.05) is 30.3 Å². The van der Waals surface area contributed by atoms with Crippen LogP contribution in [0.25, 0.3) is 11.4 Å². The molecule has 0 aliphatic heterocycles. The molecule has 2 N–H and O–H groups in total. The van der Waals surface area contributed by atoms with Crippen molar-refractivity contribution in [3.8, 4) is 11.4 Å². The Hall–Kier alpha value is -1.82. The second-order valence-corrected chi connectivity index (χ2v) is 5.68. The van der Waals surface area contributed by atoms with E-state index in [4.69, 9.17) is 18.0 Å². The molecule has 0 bridgehead atoms. The SMILES string of the molecule is NC(=S)CC1(Cn2nnc(-c3ccccc3)n2)CC1. The number of thiocarbonyl (C=S) groups is 1. The Bertz CT molecular complexity index is 588. The number of hydrogen-bond donors (Lipinski definition) is 1. The van der Waals surface area contributed by atoms with E-state index in [-0.39, 0.29) is 5.41 Å². The number of nitrogens with two attached hydrogens (primary N) is 1. The fourth-order valence-electron chi connectivity index (χ4n) is 2.25. The Balaban J connectivity index is 1.74. The molecule has 0 atom stereocenters. The first-order valence-corrected chi connectivity index (χ1v) is 6.69. The van der Waals surface area contributed by atoms with Crippen LogP contribution in [0.15, 0.2) is 30.3 Å². The van der Waals surface area contributed by atoms with Crippen LogP contribution in [0, 0.1) is 5.41 Å². The van der Waals surface area contributed by atoms with Crippen molar-refractivity contribution in [3.05, 3.63) is 30.3 Å². The highest BCUT2D eigenvalue weighted by Crippen LogP contribution is 2.49. The van der Waals surface area contributed by atoms with Crippen molar-refractivity contribution < 1.29 is 0 Å². The molecule has 0 amide bonds. The molecular formula is C13H15N5S. The van der Waals surface area contributed by atoms with E-state index in [2.05, 4.69) is 15.4 Å². The second kappa shape index (κ2) is 4.70. The fraction of sp³-hybridized carbons (Fsp3) is 0.385. The Labute approximate surface area is 116 Å². The van der Waals surface area contributed by atoms with Crippen LogP contribution in [0.3, 0.4) is 0 Å². The molecule has 0 saturated heterocycles. The van der Waals surface area contributed by atoms with Crippen molar-refractivity contribution in [2.24, 2.45) is 11.1 Å². The number of nitrogens with zero attached hydrogens (tertiary/aromatic N) is 4. The van der Waals surface area contributed by atoms with Gasteiger partial charge in [-0.25, -0.2) is 0 Å². The molecule has 0 radical (unpaired) electrons. The van der Waals surface area contributed by atoms with Crippen LogP contribution >= 0.6 is 12.2 Å². The Morgan fingerprint density at radius 3 is 2.68 bits per heavy atom. The summed E-state index contributed by atoms with van der Waals surface area (Å²) in [6.45, 7) is 0.740. The predicted molar refractivity (Wildman–Crippen MR) is 76.3 cm³/mol. The summed E-state index contributed by atoms with van der Waals surface area (Å²) in [4.78, 5) is 2.23. The van der Waals surface area contributed by atoms with Gasteiger partial charge < -0.3 is 5.73 Å². The number of tetrazole rings is 1. The minimum atomic E-state index is 0.167. The Morgan fingerprint density at radius 1 is 1.32 bits per heavy atom. The molecule has 1 aromatic carbocycles. The molecule has 0 unspecified atom stereocenters. The molecule has 1 aromatic heterocycles. The molecule has 2 aromatic rings. The second-order valence-electron chi connectivity index (χ2n) is 5.15. The highest BCUT2D eigenvalue weighted by Gasteiger charge is 2.44. The lowest BCUT2D eigenvalue weighted by Crippen LogP contribution is -2.21. The highest BCUT2D eigenvalue weighted by molar-refractivity contribution is 7.80. The van der Waals surface area contributed by atoms with E-state index in [1.165, 1.54) is 0 Å². The van der Waals surface area contributed by atoms with Gasteiger partial charge in [-0.15, -0.1) is 10.2 Å². The van der Waals surface area contributed by atoms with E-state index in [1.54, 1.807) is 4.80 Å². The van der Waals surface area contributed by atoms with Crippen LogP contribution in [-0.4, -0.2) is 25.2 Å². The summed E-state index contributed by atoms with van der Waals surface area (Å²) in [5.74, 6) is 0.659. The number of hydrogen-bond acceptors (Lipinski definition) is 4. The summed E-state index contributed by atoms with van der Waals surface area (Å²) >= 11 is 4.99. The lowest BCUT2D eigenvalue weighted by Gasteiger charge is -2.11. The van der Waals surface area contributed by atoms with Crippen molar-refractivity contribution in [2.45, 2.75) is 25.8 Å². The molecule has 19 heavy (non-hydrogen) atoms. The smallest absolute Gasteiger partial charge is 0.204 e. The van der Waals surface area contributed by atoms with Crippen LogP contribution in [0.5, 0.6) is 0 Å². The lowest BCUT2D eigenvalue weighted by molar-refractivity contribution is 0.372. The summed E-state index contributed by atoms with van der Waals surface area (Å²) in [7, 11) is 0. The average Bonchev–Trinajstić information content (AvgIpc) is 2.97. The topological polar surface area (TPSA) is 69.6 Å². The Morgan fingerprint density at radius 2 is 2.05 bits per heavy atom. The van der Waals surface area contributed by atoms with Gasteiger partial charge in [0.25, 0.3) is 0 Å². The van der Waals surface area contributed by atoms with E-state index in [0.29, 0.717) is 10.8 Å². The molecule has 3 rings (SSSR count). The highest BCUT2D eigenvalue weighted by atomic mass is 32.1. The maximum absolute atomic E-state index is 5.63. The fourth-order valence-corrected chi connectivity index (χ4v) is 2.56. The number of rotatable bonds is 5. The zero-order valence-corrected chi connectivity index (χ0v) is 11.3. The lowest BCUT2D eigenvalue weighted by atomic mass is 10.0. The zero-order chi connectivity index (χ0) is 13.3. The van der Waals surface area contributed by atoms with E-state index in [9.17, 15) is 0 Å². The quantitative estimate of drug-likeness (QED) is 0.841. The van der Waals surface area contributed by atoms with Crippen molar-refractivity contribution in [1.82, 2.24) is 20.2 Å². The maximum atomic E-state index is 5.63. The van der Waals surface area contributed by atoms with Crippen LogP contribution in [0.1, 0.15) is 19.3 Å². The third-order valence-electron chi connectivity index (χ3n) is 3.47. The van der Waals surface area contributed by atoms with Gasteiger partial charge in [-0.1, -0.05) is 42.5 Å². The van der Waals surface area contributed by atoms with Gasteiger partial charge in [-0.05, 0) is 23.5 Å². The summed E-state index contributed by atoms with van der Waals surface area (Å²) in [6.07, 6.45) is 3.03. The van der Waals surface area contributed by atoms with Crippen LogP contribution in [0.4, 0.5) is 0 Å². The van der Waals surface area contributed by atoms with Crippen molar-refractivity contribution >= 4 is 17.2 Å². The third kappa shape index (κ3) is 2.78. The summed E-state index contributed by atoms with van der Waals surface area (Å²) in [6, 6.07) is 9.85. The molecule has 6 heteroatoms. The summed E-state index contributed by atoms with van der Waals surface area (Å²) in [5, 5.41) is 12.6. The van der Waals surface area contributed by atoms with E-state index in [0.717, 1.165) is 31.4 Å². The maximum Gasteiger partial charge on any atom is 0.204 e. The molecule has 0 spiro atoms. The minimum absolute atomic E-state index is 0.167. The van der Waals surface area contributed by atoms with E-state index >= 15 is 0 Å². The summed E-state index contributed by atoms with van der Waals surface area (Å²) < 4.78 is 0. The summed E-state index contributed by atoms with van der Waals surface area (Å²) in [5.41, 5.74) is 6.78. The van der Waals surface area contributed by atoms with Gasteiger partial charge in [0.1, 0.15) is 0 Å². The Kier molecular flexibility index (Phi) is 3.02. The molecule has 1 aliphatic carbocycles. The normalized spacial score (nSPS) is 16.2. The molecule has 1 heterocycles. The van der Waals surface area contributed by atoms with Gasteiger partial charge >= 0.3 is 0 Å². The monoisotopic (exact) mass is 273 g/mol. The van der Waals surface area contributed by atoms with Crippen LogP contribution in [0.2, 0.25) is 0 Å². The van der Waals surface area contributed by atoms with Crippen LogP contribution < -0.4 is 5.73 Å². The molecular weight excluding hydrogens is 258 g/mol. The first-order chi connectivity index (χ1) is 9.17. The average molecular weight is 273 g/mol. The van der Waals surface area contributed by atoms with Gasteiger partial charge in [0.2, 0.25) is 5.82 Å². The van der Waals surface area contributed by atoms with Crippen molar-refractivity contribution in [3.63, 3.8) is 0 Å². The van der Waals surface area contributed by atoms with Crippen molar-refractivity contribution in [2.75, 3.05) is 0 Å². The largest absolute Gasteiger partial charge is 0.393 e. The van der Waals surface area contributed by atoms with Gasteiger partial charge in [0.15, 0.2) is 0 Å². The van der Waals surface area contributed by atoms with E-state index < -0.39 is 0 Å². The van der Waals surface area contributed by atoms with Gasteiger partial charge in [-0.2, -0.15) is 4.80 Å². The minimum Gasteiger partial charge on any atom is -0.393 e. The zero-order valence-electron chi connectivity index (χ0n) is 10.5. The molecule has 98 valence electrons. The third-order valence-corrected chi connectivity index (χ3v) is 3.61. The number of benzene rings is 1.